The van der Waals surface area contributed by atoms with Crippen molar-refractivity contribution in [3.05, 3.63) is 35.8 Å². The van der Waals surface area contributed by atoms with Crippen LogP contribution in [0.3, 0.4) is 0 Å². The van der Waals surface area contributed by atoms with Crippen molar-refractivity contribution < 1.29 is 9.50 Å². The van der Waals surface area contributed by atoms with Crippen molar-refractivity contribution in [1.29, 1.82) is 0 Å². The summed E-state index contributed by atoms with van der Waals surface area (Å²) in [6.07, 6.45) is 1.36. The number of nitrogens with one attached hydrogen (secondary N) is 1. The topological polar surface area (TPSA) is 62.0 Å². The molecule has 2 rings (SSSR count). The van der Waals surface area contributed by atoms with Crippen molar-refractivity contribution in [3.63, 3.8) is 0 Å². The lowest BCUT2D eigenvalue weighted by Crippen LogP contribution is -2.06. The Balaban J connectivity index is 2.52. The maximum atomic E-state index is 13.5. The number of hydrogen-bond donors (Lipinski definition) is 3. The zero-order valence-corrected chi connectivity index (χ0v) is 8.20. The molecule has 1 aromatic carbocycles. The van der Waals surface area contributed by atoms with Crippen LogP contribution >= 0.6 is 0 Å². The number of aromatic nitrogens is 1. The van der Waals surface area contributed by atoms with Crippen LogP contribution < -0.4 is 5.73 Å². The molecule has 0 bridgehead atoms. The molecule has 0 amide bonds. The summed E-state index contributed by atoms with van der Waals surface area (Å²) in [6, 6.07) is 4.79. The molecule has 1 aromatic heterocycles. The lowest BCUT2D eigenvalue weighted by atomic mass is 10.1. The van der Waals surface area contributed by atoms with Crippen LogP contribution in [0.4, 0.5) is 4.39 Å². The Hall–Kier alpha value is -1.39. The number of nitrogens with two attached hydrogens (primary N) is 1. The molecule has 4 heteroatoms. The summed E-state index contributed by atoms with van der Waals surface area (Å²) in [7, 11) is 0. The normalized spacial score (nSPS) is 13.3. The number of aliphatic hydroxyl groups excluding tert-OH is 1. The Bertz CT molecular complexity index is 467. The molecule has 0 spiro atoms. The minimum atomic E-state index is -0.708. The third-order valence-electron chi connectivity index (χ3n) is 2.48. The van der Waals surface area contributed by atoms with Gasteiger partial charge in [0.25, 0.3) is 0 Å². The smallest absolute Gasteiger partial charge is 0.132 e. The summed E-state index contributed by atoms with van der Waals surface area (Å²) >= 11 is 0. The monoisotopic (exact) mass is 208 g/mol. The number of benzene rings is 1. The number of aromatic amines is 1. The highest BCUT2D eigenvalue weighted by Gasteiger charge is 2.14. The first kappa shape index (κ1) is 10.1. The molecule has 3 nitrogen and oxygen atoms in total. The highest BCUT2D eigenvalue weighted by molar-refractivity contribution is 5.84. The van der Waals surface area contributed by atoms with Gasteiger partial charge in [-0.2, -0.15) is 0 Å². The van der Waals surface area contributed by atoms with Gasteiger partial charge in [0.15, 0.2) is 0 Å². The SMILES string of the molecule is NCC[C@H](O)c1c[nH]c2cccc(F)c12. The third-order valence-corrected chi connectivity index (χ3v) is 2.48. The molecule has 2 aromatic rings. The second kappa shape index (κ2) is 4.00. The average molecular weight is 208 g/mol. The zero-order chi connectivity index (χ0) is 10.8. The van der Waals surface area contributed by atoms with Gasteiger partial charge in [0, 0.05) is 22.7 Å². The summed E-state index contributed by atoms with van der Waals surface area (Å²) < 4.78 is 13.5. The Kier molecular flexibility index (Phi) is 2.70. The number of aliphatic hydroxyl groups is 1. The second-order valence-electron chi connectivity index (χ2n) is 3.50. The standard InChI is InChI=1S/C11H13FN2O/c12-8-2-1-3-9-11(8)7(6-14-9)10(15)4-5-13/h1-3,6,10,14-15H,4-5,13H2/t10-/m0/s1. The van der Waals surface area contributed by atoms with Crippen molar-refractivity contribution in [3.8, 4) is 0 Å². The fourth-order valence-corrected chi connectivity index (χ4v) is 1.74. The van der Waals surface area contributed by atoms with Crippen LogP contribution in [0, 0.1) is 5.82 Å². The molecule has 80 valence electrons. The van der Waals surface area contributed by atoms with Gasteiger partial charge < -0.3 is 15.8 Å². The molecule has 0 saturated heterocycles. The molecule has 15 heavy (non-hydrogen) atoms. The van der Waals surface area contributed by atoms with Crippen molar-refractivity contribution in [2.45, 2.75) is 12.5 Å². The summed E-state index contributed by atoms with van der Waals surface area (Å²) in [5, 5.41) is 10.2. The molecular weight excluding hydrogens is 195 g/mol. The van der Waals surface area contributed by atoms with Crippen molar-refractivity contribution in [2.24, 2.45) is 5.73 Å². The van der Waals surface area contributed by atoms with Gasteiger partial charge in [-0.25, -0.2) is 4.39 Å². The van der Waals surface area contributed by atoms with Crippen LogP contribution in [0.5, 0.6) is 0 Å². The quantitative estimate of drug-likeness (QED) is 0.718. The average Bonchev–Trinajstić information content (AvgIpc) is 2.63. The van der Waals surface area contributed by atoms with E-state index in [4.69, 9.17) is 5.73 Å². The lowest BCUT2D eigenvalue weighted by molar-refractivity contribution is 0.171. The zero-order valence-electron chi connectivity index (χ0n) is 8.20. The molecule has 1 heterocycles. The predicted molar refractivity (Wildman–Crippen MR) is 56.9 cm³/mol. The number of fused-ring (bicyclic) bond motifs is 1. The Morgan fingerprint density at radius 3 is 3.00 bits per heavy atom. The molecule has 0 aliphatic heterocycles. The minimum Gasteiger partial charge on any atom is -0.388 e. The molecule has 0 fully saturated rings. The van der Waals surface area contributed by atoms with E-state index >= 15 is 0 Å². The van der Waals surface area contributed by atoms with E-state index in [-0.39, 0.29) is 5.82 Å². The van der Waals surface area contributed by atoms with E-state index in [9.17, 15) is 9.50 Å². The van der Waals surface area contributed by atoms with E-state index in [2.05, 4.69) is 4.98 Å². The van der Waals surface area contributed by atoms with Gasteiger partial charge in [-0.05, 0) is 25.1 Å². The van der Waals surface area contributed by atoms with E-state index < -0.39 is 6.10 Å². The number of hydrogen-bond acceptors (Lipinski definition) is 2. The van der Waals surface area contributed by atoms with Crippen LogP contribution in [0.1, 0.15) is 18.1 Å². The van der Waals surface area contributed by atoms with Crippen LogP contribution in [0.25, 0.3) is 10.9 Å². The van der Waals surface area contributed by atoms with Gasteiger partial charge in [-0.15, -0.1) is 0 Å². The molecule has 0 aliphatic carbocycles. The summed E-state index contributed by atoms with van der Waals surface area (Å²) in [6.45, 7) is 0.377. The van der Waals surface area contributed by atoms with Gasteiger partial charge in [-0.1, -0.05) is 6.07 Å². The maximum Gasteiger partial charge on any atom is 0.132 e. The highest BCUT2D eigenvalue weighted by atomic mass is 19.1. The van der Waals surface area contributed by atoms with E-state index in [1.807, 2.05) is 0 Å². The van der Waals surface area contributed by atoms with Crippen LogP contribution in [0.2, 0.25) is 0 Å². The Labute approximate surface area is 86.7 Å². The molecule has 0 radical (unpaired) electrons. The largest absolute Gasteiger partial charge is 0.388 e. The first-order valence-corrected chi connectivity index (χ1v) is 4.87. The number of rotatable bonds is 3. The van der Waals surface area contributed by atoms with Crippen molar-refractivity contribution in [2.75, 3.05) is 6.54 Å². The molecule has 0 saturated carbocycles. The van der Waals surface area contributed by atoms with Crippen LogP contribution in [-0.4, -0.2) is 16.6 Å². The minimum absolute atomic E-state index is 0.320. The molecule has 1 atom stereocenters. The fraction of sp³-hybridized carbons (Fsp3) is 0.273. The van der Waals surface area contributed by atoms with Gasteiger partial charge in [0.05, 0.1) is 6.10 Å². The molecular formula is C11H13FN2O. The van der Waals surface area contributed by atoms with Crippen molar-refractivity contribution in [1.82, 2.24) is 4.98 Å². The molecule has 0 aliphatic rings. The first-order chi connectivity index (χ1) is 7.24. The van der Waals surface area contributed by atoms with Crippen LogP contribution in [-0.2, 0) is 0 Å². The van der Waals surface area contributed by atoms with Gasteiger partial charge >= 0.3 is 0 Å². The third kappa shape index (κ3) is 1.73. The van der Waals surface area contributed by atoms with Gasteiger partial charge in [0.2, 0.25) is 0 Å². The van der Waals surface area contributed by atoms with E-state index in [0.717, 1.165) is 0 Å². The maximum absolute atomic E-state index is 13.5. The highest BCUT2D eigenvalue weighted by Crippen LogP contribution is 2.27. The first-order valence-electron chi connectivity index (χ1n) is 4.87. The van der Waals surface area contributed by atoms with E-state index in [0.29, 0.717) is 29.4 Å². The number of halogens is 1. The van der Waals surface area contributed by atoms with Crippen LogP contribution in [0.15, 0.2) is 24.4 Å². The van der Waals surface area contributed by atoms with Gasteiger partial charge in [-0.3, -0.25) is 0 Å². The summed E-state index contributed by atoms with van der Waals surface area (Å²) in [5.41, 5.74) is 6.63. The lowest BCUT2D eigenvalue weighted by Gasteiger charge is -2.07. The molecule has 4 N–H and O–H groups in total. The summed E-state index contributed by atoms with van der Waals surface area (Å²) in [4.78, 5) is 2.93. The second-order valence-corrected chi connectivity index (χ2v) is 3.50. The Morgan fingerprint density at radius 2 is 2.27 bits per heavy atom. The van der Waals surface area contributed by atoms with E-state index in [1.54, 1.807) is 18.3 Å². The molecule has 0 unspecified atom stereocenters. The summed E-state index contributed by atoms with van der Waals surface area (Å²) in [5.74, 6) is -0.320. The van der Waals surface area contributed by atoms with Crippen molar-refractivity contribution >= 4 is 10.9 Å². The number of H-pyrrole nitrogens is 1. The Morgan fingerprint density at radius 1 is 1.47 bits per heavy atom. The fourth-order valence-electron chi connectivity index (χ4n) is 1.74. The van der Waals surface area contributed by atoms with Gasteiger partial charge in [0.1, 0.15) is 5.82 Å². The predicted octanol–water partition coefficient (Wildman–Crippen LogP) is 1.69. The van der Waals surface area contributed by atoms with E-state index in [1.165, 1.54) is 6.07 Å².